The fraction of sp³-hybridized carbons (Fsp3) is 0.231. The average Bonchev–Trinajstić information content (AvgIpc) is 3.35. The fourth-order valence-corrected chi connectivity index (χ4v) is 5.60. The Morgan fingerprint density at radius 3 is 2.40 bits per heavy atom. The van der Waals surface area contributed by atoms with Gasteiger partial charge >= 0.3 is 5.97 Å². The molecule has 0 unspecified atom stereocenters. The van der Waals surface area contributed by atoms with Crippen molar-refractivity contribution in [1.82, 2.24) is 14.5 Å². The van der Waals surface area contributed by atoms with Gasteiger partial charge in [-0.2, -0.15) is 0 Å². The van der Waals surface area contributed by atoms with Crippen LogP contribution in [-0.4, -0.2) is 40.9 Å². The van der Waals surface area contributed by atoms with Gasteiger partial charge in [0.05, 0.1) is 22.1 Å². The number of esters is 1. The molecule has 0 spiro atoms. The summed E-state index contributed by atoms with van der Waals surface area (Å²) in [6.45, 7) is 6.06. The van der Waals surface area contributed by atoms with Gasteiger partial charge in [0, 0.05) is 12.7 Å². The summed E-state index contributed by atoms with van der Waals surface area (Å²) in [5, 5.41) is 6.05. The lowest BCUT2D eigenvalue weighted by Gasteiger charge is -2.15. The molecular weight excluding hydrogens is 562 g/mol. The van der Waals surface area contributed by atoms with Gasteiger partial charge in [0.25, 0.3) is 21.5 Å². The van der Waals surface area contributed by atoms with E-state index in [0.29, 0.717) is 17.1 Å². The molecule has 1 atom stereocenters. The average molecular weight is 588 g/mol. The number of aromatic nitrogens is 3. The van der Waals surface area contributed by atoms with Gasteiger partial charge < -0.3 is 14.6 Å². The number of hydrogen-bond acceptors (Lipinski definition) is 8. The van der Waals surface area contributed by atoms with E-state index in [1.165, 1.54) is 28.4 Å². The third kappa shape index (κ3) is 5.51. The minimum atomic E-state index is -4.37. The molecule has 2 aromatic heterocycles. The number of para-hydroxylation sites is 1. The van der Waals surface area contributed by atoms with Crippen LogP contribution in [0.1, 0.15) is 34.4 Å². The van der Waals surface area contributed by atoms with Gasteiger partial charge in [0.15, 0.2) is 6.10 Å². The second-order valence-electron chi connectivity index (χ2n) is 8.92. The predicted octanol–water partition coefficient (Wildman–Crippen LogP) is 3.73. The number of benzene rings is 2. The number of aryl methyl sites for hydroxylation is 2. The molecule has 0 radical (unpaired) electrons. The van der Waals surface area contributed by atoms with E-state index in [4.69, 9.17) is 20.9 Å². The smallest absolute Gasteiger partial charge is 0.344 e. The highest BCUT2D eigenvalue weighted by Gasteiger charge is 2.27. The van der Waals surface area contributed by atoms with Gasteiger partial charge in [0.1, 0.15) is 21.9 Å². The minimum absolute atomic E-state index is 0.0708. The van der Waals surface area contributed by atoms with Gasteiger partial charge in [-0.25, -0.2) is 17.9 Å². The predicted molar refractivity (Wildman–Crippen MR) is 147 cm³/mol. The number of ether oxygens (including phenoxy) is 1. The van der Waals surface area contributed by atoms with Crippen molar-refractivity contribution < 1.29 is 27.3 Å². The molecule has 1 amide bonds. The topological polar surface area (TPSA) is 155 Å². The van der Waals surface area contributed by atoms with Crippen molar-refractivity contribution in [2.24, 2.45) is 7.05 Å². The molecule has 0 fully saturated rings. The Bertz CT molecular complexity index is 1760. The van der Waals surface area contributed by atoms with Crippen LogP contribution in [0.3, 0.4) is 0 Å². The van der Waals surface area contributed by atoms with Crippen LogP contribution in [0, 0.1) is 20.8 Å². The first-order valence-corrected chi connectivity index (χ1v) is 13.8. The quantitative estimate of drug-likeness (QED) is 0.296. The van der Waals surface area contributed by atoms with Crippen molar-refractivity contribution >= 4 is 44.9 Å². The van der Waals surface area contributed by atoms with Crippen LogP contribution in [0.25, 0.3) is 5.69 Å². The third-order valence-corrected chi connectivity index (χ3v) is 8.00. The van der Waals surface area contributed by atoms with E-state index in [0.717, 1.165) is 6.07 Å². The second-order valence-corrected chi connectivity index (χ2v) is 11.0. The highest BCUT2D eigenvalue weighted by Crippen LogP contribution is 2.28. The number of nitrogens with zero attached hydrogens (tertiary/aromatic N) is 3. The van der Waals surface area contributed by atoms with Crippen molar-refractivity contribution in [3.63, 3.8) is 0 Å². The molecule has 2 aromatic carbocycles. The normalized spacial score (nSPS) is 12.2. The Labute approximate surface area is 234 Å². The maximum Gasteiger partial charge on any atom is 0.344 e. The molecule has 2 N–H and O–H groups in total. The van der Waals surface area contributed by atoms with Crippen molar-refractivity contribution in [3.8, 4) is 5.69 Å². The van der Waals surface area contributed by atoms with Crippen LogP contribution in [0.4, 0.5) is 11.4 Å². The first kappa shape index (κ1) is 28.6. The highest BCUT2D eigenvalue weighted by molar-refractivity contribution is 7.92. The van der Waals surface area contributed by atoms with Crippen LogP contribution in [0.2, 0.25) is 5.02 Å². The van der Waals surface area contributed by atoms with Crippen molar-refractivity contribution in [2.75, 3.05) is 10.0 Å². The first-order valence-electron chi connectivity index (χ1n) is 11.9. The maximum atomic E-state index is 13.3. The van der Waals surface area contributed by atoms with Crippen molar-refractivity contribution in [2.45, 2.75) is 38.7 Å². The number of amides is 1. The fourth-order valence-electron chi connectivity index (χ4n) is 3.95. The van der Waals surface area contributed by atoms with Gasteiger partial charge in [-0.05, 0) is 58.0 Å². The molecular formula is C26H26ClN5O7S. The van der Waals surface area contributed by atoms with E-state index in [1.807, 2.05) is 0 Å². The van der Waals surface area contributed by atoms with Crippen LogP contribution in [-0.2, 0) is 26.6 Å². The number of halogens is 1. The summed E-state index contributed by atoms with van der Waals surface area (Å²) in [5.74, 6) is -1.26. The number of nitrogens with one attached hydrogen (secondary N) is 2. The highest BCUT2D eigenvalue weighted by atomic mass is 35.5. The first-order chi connectivity index (χ1) is 18.8. The zero-order chi connectivity index (χ0) is 29.4. The molecule has 2 heterocycles. The Hall–Kier alpha value is -4.36. The summed E-state index contributed by atoms with van der Waals surface area (Å²) >= 11 is 6.21. The summed E-state index contributed by atoms with van der Waals surface area (Å²) in [5.41, 5.74) is 0.692. The molecule has 14 heteroatoms. The Balaban J connectivity index is 1.56. The number of rotatable bonds is 8. The van der Waals surface area contributed by atoms with Crippen LogP contribution in [0.5, 0.6) is 0 Å². The van der Waals surface area contributed by atoms with Gasteiger partial charge in [0.2, 0.25) is 0 Å². The standard InChI is InChI=1S/C26H26ClN5O7S/c1-14-22(16(3)39-29-14)26(35)38-17(4)24(33)28-18-11-12-20(27)21(13-18)40(36,37)30-23-15(2)31(5)32(25(23)34)19-9-7-6-8-10-19/h6-13,17,30H,1-5H3,(H,28,33)/t17-/m1/s1. The third-order valence-electron chi connectivity index (χ3n) is 6.17. The number of hydrogen-bond donors (Lipinski definition) is 2. The lowest BCUT2D eigenvalue weighted by Crippen LogP contribution is -2.30. The molecule has 4 rings (SSSR count). The van der Waals surface area contributed by atoms with E-state index in [1.54, 1.807) is 58.2 Å². The van der Waals surface area contributed by atoms with E-state index in [9.17, 15) is 22.8 Å². The summed E-state index contributed by atoms with van der Waals surface area (Å²) in [6.07, 6.45) is -1.24. The van der Waals surface area contributed by atoms with E-state index < -0.39 is 33.6 Å². The maximum absolute atomic E-state index is 13.3. The summed E-state index contributed by atoms with van der Waals surface area (Å²) < 4.78 is 42.1. The van der Waals surface area contributed by atoms with Gasteiger partial charge in [-0.1, -0.05) is 35.0 Å². The Morgan fingerprint density at radius 1 is 1.10 bits per heavy atom. The summed E-state index contributed by atoms with van der Waals surface area (Å²) in [4.78, 5) is 38.0. The zero-order valence-corrected chi connectivity index (χ0v) is 23.8. The molecule has 12 nitrogen and oxygen atoms in total. The Morgan fingerprint density at radius 2 is 1.77 bits per heavy atom. The summed E-state index contributed by atoms with van der Waals surface area (Å²) in [6, 6.07) is 12.6. The molecule has 210 valence electrons. The largest absolute Gasteiger partial charge is 0.449 e. The molecule has 0 saturated heterocycles. The lowest BCUT2D eigenvalue weighted by atomic mass is 10.2. The number of carbonyl (C=O) groups excluding carboxylic acids is 2. The van der Waals surface area contributed by atoms with Crippen molar-refractivity contribution in [3.05, 3.63) is 86.6 Å². The monoisotopic (exact) mass is 587 g/mol. The summed E-state index contributed by atoms with van der Waals surface area (Å²) in [7, 11) is -2.74. The van der Waals surface area contributed by atoms with Gasteiger partial charge in [-0.3, -0.25) is 19.0 Å². The van der Waals surface area contributed by atoms with E-state index in [2.05, 4.69) is 15.2 Å². The molecule has 0 bridgehead atoms. The minimum Gasteiger partial charge on any atom is -0.449 e. The number of carbonyl (C=O) groups is 2. The molecule has 0 aliphatic carbocycles. The van der Waals surface area contributed by atoms with Gasteiger partial charge in [-0.15, -0.1) is 0 Å². The van der Waals surface area contributed by atoms with Crippen LogP contribution < -0.4 is 15.6 Å². The SMILES string of the molecule is Cc1noc(C)c1C(=O)O[C@H](C)C(=O)Nc1ccc(Cl)c(S(=O)(=O)Nc2c(C)n(C)n(-c3ccccc3)c2=O)c1. The molecule has 0 aliphatic heterocycles. The zero-order valence-electron chi connectivity index (χ0n) is 22.2. The molecule has 40 heavy (non-hydrogen) atoms. The van der Waals surface area contributed by atoms with Crippen LogP contribution in [0.15, 0.2) is 62.7 Å². The van der Waals surface area contributed by atoms with E-state index >= 15 is 0 Å². The molecule has 4 aromatic rings. The number of sulfonamides is 1. The van der Waals surface area contributed by atoms with Crippen LogP contribution >= 0.6 is 11.6 Å². The molecule has 0 saturated carbocycles. The lowest BCUT2D eigenvalue weighted by molar-refractivity contribution is -0.123. The number of anilines is 2. The van der Waals surface area contributed by atoms with Crippen molar-refractivity contribution in [1.29, 1.82) is 0 Å². The Kier molecular flexibility index (Phi) is 7.89. The van der Waals surface area contributed by atoms with E-state index in [-0.39, 0.29) is 32.6 Å². The second kappa shape index (κ2) is 11.0. The molecule has 0 aliphatic rings.